The summed E-state index contributed by atoms with van der Waals surface area (Å²) in [5, 5.41) is 2.72. The third-order valence-corrected chi connectivity index (χ3v) is 3.51. The monoisotopic (exact) mass is 298 g/mol. The van der Waals surface area contributed by atoms with Crippen LogP contribution in [0.4, 0.5) is 17.5 Å². The second-order valence-electron chi connectivity index (χ2n) is 5.11. The van der Waals surface area contributed by atoms with Crippen LogP contribution in [0.25, 0.3) is 0 Å². The number of hydrogen-bond donors (Lipinski definition) is 1. The Bertz CT molecular complexity index is 622. The van der Waals surface area contributed by atoms with Crippen molar-refractivity contribution >= 4 is 23.4 Å². The van der Waals surface area contributed by atoms with Crippen LogP contribution in [0, 0.1) is 0 Å². The van der Waals surface area contributed by atoms with Crippen molar-refractivity contribution in [1.29, 1.82) is 0 Å². The first-order valence-electron chi connectivity index (χ1n) is 7.23. The summed E-state index contributed by atoms with van der Waals surface area (Å²) in [6.07, 6.45) is 5.21. The van der Waals surface area contributed by atoms with Gasteiger partial charge in [0.15, 0.2) is 0 Å². The van der Waals surface area contributed by atoms with Crippen LogP contribution in [0.15, 0.2) is 36.8 Å². The van der Waals surface area contributed by atoms with Gasteiger partial charge in [-0.15, -0.1) is 0 Å². The van der Waals surface area contributed by atoms with E-state index in [1.54, 1.807) is 18.6 Å². The highest BCUT2D eigenvalue weighted by atomic mass is 16.1. The van der Waals surface area contributed by atoms with Crippen molar-refractivity contribution in [2.75, 3.05) is 41.3 Å². The molecular formula is C15H18N6O. The summed E-state index contributed by atoms with van der Waals surface area (Å²) in [5.74, 6) is 1.60. The predicted molar refractivity (Wildman–Crippen MR) is 85.0 cm³/mol. The molecule has 0 bridgehead atoms. The number of pyridine rings is 1. The molecule has 0 aromatic carbocycles. The van der Waals surface area contributed by atoms with Crippen molar-refractivity contribution in [3.05, 3.63) is 36.8 Å². The average molecular weight is 298 g/mol. The number of carbonyl (C=O) groups excluding carboxylic acids is 1. The van der Waals surface area contributed by atoms with Gasteiger partial charge in [-0.1, -0.05) is 0 Å². The largest absolute Gasteiger partial charge is 0.353 e. The van der Waals surface area contributed by atoms with Crippen LogP contribution >= 0.6 is 0 Å². The zero-order chi connectivity index (χ0) is 15.4. The summed E-state index contributed by atoms with van der Waals surface area (Å²) < 4.78 is 0. The van der Waals surface area contributed by atoms with Gasteiger partial charge in [0, 0.05) is 45.5 Å². The molecule has 3 heterocycles. The zero-order valence-electron chi connectivity index (χ0n) is 12.4. The van der Waals surface area contributed by atoms with Crippen LogP contribution in [0.2, 0.25) is 0 Å². The molecule has 0 aliphatic carbocycles. The maximum atomic E-state index is 11.0. The normalized spacial score (nSPS) is 14.8. The fourth-order valence-electron chi connectivity index (χ4n) is 2.44. The molecule has 1 N–H and O–H groups in total. The van der Waals surface area contributed by atoms with E-state index in [-0.39, 0.29) is 5.91 Å². The SMILES string of the molecule is CC(=O)Nc1ccc(N2CCN(c3ncccn3)CC2)nc1. The summed E-state index contributed by atoms with van der Waals surface area (Å²) in [6.45, 7) is 4.94. The molecule has 1 saturated heterocycles. The second-order valence-corrected chi connectivity index (χ2v) is 5.11. The zero-order valence-corrected chi connectivity index (χ0v) is 12.4. The molecule has 1 amide bonds. The Hall–Kier alpha value is -2.70. The predicted octanol–water partition coefficient (Wildman–Crippen LogP) is 1.16. The number of carbonyl (C=O) groups is 1. The van der Waals surface area contributed by atoms with Crippen LogP contribution in [-0.2, 0) is 4.79 Å². The number of hydrogen-bond acceptors (Lipinski definition) is 6. The molecule has 22 heavy (non-hydrogen) atoms. The van der Waals surface area contributed by atoms with Crippen molar-refractivity contribution in [3.8, 4) is 0 Å². The van der Waals surface area contributed by atoms with Gasteiger partial charge in [0.2, 0.25) is 11.9 Å². The van der Waals surface area contributed by atoms with E-state index in [0.29, 0.717) is 5.69 Å². The molecule has 2 aromatic rings. The van der Waals surface area contributed by atoms with E-state index in [4.69, 9.17) is 0 Å². The standard InChI is InChI=1S/C15H18N6O/c1-12(22)19-13-3-4-14(18-11-13)20-7-9-21(10-8-20)15-16-5-2-6-17-15/h2-6,11H,7-10H2,1H3,(H,19,22). The fraction of sp³-hybridized carbons (Fsp3) is 0.333. The molecule has 0 spiro atoms. The Balaban J connectivity index is 1.60. The Morgan fingerprint density at radius 1 is 1.05 bits per heavy atom. The van der Waals surface area contributed by atoms with Crippen LogP contribution in [0.1, 0.15) is 6.92 Å². The van der Waals surface area contributed by atoms with E-state index < -0.39 is 0 Å². The lowest BCUT2D eigenvalue weighted by atomic mass is 10.3. The third-order valence-electron chi connectivity index (χ3n) is 3.51. The first-order chi connectivity index (χ1) is 10.7. The molecule has 0 saturated carbocycles. The second kappa shape index (κ2) is 6.38. The Morgan fingerprint density at radius 2 is 1.73 bits per heavy atom. The van der Waals surface area contributed by atoms with Gasteiger partial charge in [0.05, 0.1) is 11.9 Å². The van der Waals surface area contributed by atoms with Gasteiger partial charge in [0.1, 0.15) is 5.82 Å². The van der Waals surface area contributed by atoms with Crippen LogP contribution < -0.4 is 15.1 Å². The molecular weight excluding hydrogens is 280 g/mol. The molecule has 1 fully saturated rings. The molecule has 7 nitrogen and oxygen atoms in total. The van der Waals surface area contributed by atoms with Crippen molar-refractivity contribution in [2.24, 2.45) is 0 Å². The number of nitrogens with zero attached hydrogens (tertiary/aromatic N) is 5. The van der Waals surface area contributed by atoms with Gasteiger partial charge in [-0.2, -0.15) is 0 Å². The average Bonchev–Trinajstić information content (AvgIpc) is 2.56. The molecule has 2 aromatic heterocycles. The van der Waals surface area contributed by atoms with Gasteiger partial charge in [0.25, 0.3) is 0 Å². The Labute approximate surface area is 129 Å². The fourth-order valence-corrected chi connectivity index (χ4v) is 2.44. The van der Waals surface area contributed by atoms with Gasteiger partial charge >= 0.3 is 0 Å². The van der Waals surface area contributed by atoms with Crippen LogP contribution in [-0.4, -0.2) is 47.0 Å². The molecule has 114 valence electrons. The number of nitrogens with one attached hydrogen (secondary N) is 1. The number of amides is 1. The summed E-state index contributed by atoms with van der Waals surface area (Å²) in [5.41, 5.74) is 0.715. The number of piperazine rings is 1. The molecule has 1 aliphatic rings. The number of rotatable bonds is 3. The highest BCUT2D eigenvalue weighted by Crippen LogP contribution is 2.17. The molecule has 7 heteroatoms. The third kappa shape index (κ3) is 3.30. The van der Waals surface area contributed by atoms with E-state index in [2.05, 4.69) is 30.1 Å². The van der Waals surface area contributed by atoms with Crippen molar-refractivity contribution in [1.82, 2.24) is 15.0 Å². The minimum Gasteiger partial charge on any atom is -0.353 e. The lowest BCUT2D eigenvalue weighted by Gasteiger charge is -2.35. The van der Waals surface area contributed by atoms with Gasteiger partial charge in [-0.25, -0.2) is 15.0 Å². The van der Waals surface area contributed by atoms with Crippen molar-refractivity contribution in [2.45, 2.75) is 6.92 Å². The summed E-state index contributed by atoms with van der Waals surface area (Å²) in [6, 6.07) is 5.62. The summed E-state index contributed by atoms with van der Waals surface area (Å²) in [4.78, 5) is 28.4. The maximum Gasteiger partial charge on any atom is 0.225 e. The smallest absolute Gasteiger partial charge is 0.225 e. The number of anilines is 3. The van der Waals surface area contributed by atoms with E-state index in [0.717, 1.165) is 37.9 Å². The highest BCUT2D eigenvalue weighted by molar-refractivity contribution is 5.88. The van der Waals surface area contributed by atoms with Gasteiger partial charge < -0.3 is 15.1 Å². The number of aromatic nitrogens is 3. The molecule has 0 radical (unpaired) electrons. The quantitative estimate of drug-likeness (QED) is 0.916. The minimum absolute atomic E-state index is 0.0916. The molecule has 3 rings (SSSR count). The van der Waals surface area contributed by atoms with Crippen LogP contribution in [0.3, 0.4) is 0 Å². The maximum absolute atomic E-state index is 11.0. The topological polar surface area (TPSA) is 74.2 Å². The van der Waals surface area contributed by atoms with Crippen molar-refractivity contribution in [3.63, 3.8) is 0 Å². The van der Waals surface area contributed by atoms with Gasteiger partial charge in [-0.05, 0) is 18.2 Å². The Kier molecular flexibility index (Phi) is 4.13. The van der Waals surface area contributed by atoms with E-state index in [9.17, 15) is 4.79 Å². The van der Waals surface area contributed by atoms with Gasteiger partial charge in [-0.3, -0.25) is 4.79 Å². The summed E-state index contributed by atoms with van der Waals surface area (Å²) >= 11 is 0. The molecule has 0 unspecified atom stereocenters. The van der Waals surface area contributed by atoms with Crippen molar-refractivity contribution < 1.29 is 4.79 Å². The molecule has 0 atom stereocenters. The van der Waals surface area contributed by atoms with E-state index in [1.165, 1.54) is 6.92 Å². The Morgan fingerprint density at radius 3 is 2.32 bits per heavy atom. The molecule has 1 aliphatic heterocycles. The highest BCUT2D eigenvalue weighted by Gasteiger charge is 2.19. The first-order valence-corrected chi connectivity index (χ1v) is 7.23. The lowest BCUT2D eigenvalue weighted by molar-refractivity contribution is -0.114. The van der Waals surface area contributed by atoms with E-state index in [1.807, 2.05) is 18.2 Å². The van der Waals surface area contributed by atoms with Crippen LogP contribution in [0.5, 0.6) is 0 Å². The summed E-state index contributed by atoms with van der Waals surface area (Å²) in [7, 11) is 0. The minimum atomic E-state index is -0.0916. The first kappa shape index (κ1) is 14.2. The lowest BCUT2D eigenvalue weighted by Crippen LogP contribution is -2.47. The van der Waals surface area contributed by atoms with E-state index >= 15 is 0 Å².